The Balaban J connectivity index is 1.90. The molecule has 0 aliphatic carbocycles. The fraction of sp³-hybridized carbons (Fsp3) is 0.304. The van der Waals surface area contributed by atoms with E-state index < -0.39 is 27.0 Å². The lowest BCUT2D eigenvalue weighted by atomic mass is 9.86. The maximum absolute atomic E-state index is 12.8. The number of fused-ring (bicyclic) bond motifs is 1. The lowest BCUT2D eigenvalue weighted by Crippen LogP contribution is -2.31. The Labute approximate surface area is 175 Å². The molecule has 0 spiro atoms. The van der Waals surface area contributed by atoms with Gasteiger partial charge in [0.05, 0.1) is 16.0 Å². The van der Waals surface area contributed by atoms with Gasteiger partial charge in [-0.15, -0.1) is 0 Å². The highest BCUT2D eigenvalue weighted by atomic mass is 32.2. The van der Waals surface area contributed by atoms with Crippen molar-refractivity contribution in [1.82, 2.24) is 0 Å². The van der Waals surface area contributed by atoms with Crippen LogP contribution in [0, 0.1) is 0 Å². The topological polar surface area (TPSA) is 86.7 Å². The third-order valence-electron chi connectivity index (χ3n) is 5.40. The number of Topliss-reactive ketones (excluding diaryl/α,β-unsaturated/α-hetero) is 1. The molecule has 0 unspecified atom stereocenters. The van der Waals surface area contributed by atoms with Gasteiger partial charge in [0.2, 0.25) is 5.78 Å². The maximum Gasteiger partial charge on any atom is 0.340 e. The van der Waals surface area contributed by atoms with Gasteiger partial charge in [0.15, 0.2) is 15.4 Å². The van der Waals surface area contributed by atoms with Crippen molar-refractivity contribution in [2.24, 2.45) is 0 Å². The average Bonchev–Trinajstić information content (AvgIpc) is 3.02. The van der Waals surface area contributed by atoms with Gasteiger partial charge in [-0.3, -0.25) is 4.79 Å². The number of carbonyl (C=O) groups is 2. The van der Waals surface area contributed by atoms with E-state index in [0.717, 1.165) is 6.26 Å². The molecule has 7 heteroatoms. The van der Waals surface area contributed by atoms with E-state index in [1.54, 1.807) is 58.0 Å². The second-order valence-electron chi connectivity index (χ2n) is 8.60. The summed E-state index contributed by atoms with van der Waals surface area (Å²) >= 11 is 0. The second-order valence-corrected chi connectivity index (χ2v) is 10.6. The van der Waals surface area contributed by atoms with E-state index in [9.17, 15) is 18.0 Å². The van der Waals surface area contributed by atoms with E-state index in [1.165, 1.54) is 12.1 Å². The van der Waals surface area contributed by atoms with Crippen LogP contribution in [0.25, 0.3) is 11.1 Å². The minimum absolute atomic E-state index is 0.148. The first kappa shape index (κ1) is 20.3. The van der Waals surface area contributed by atoms with Crippen molar-refractivity contribution < 1.29 is 27.5 Å². The summed E-state index contributed by atoms with van der Waals surface area (Å²) in [6.07, 6.45) is 1.14. The highest BCUT2D eigenvalue weighted by Gasteiger charge is 2.44. The minimum Gasteiger partial charge on any atom is -0.479 e. The Bertz CT molecular complexity index is 1230. The van der Waals surface area contributed by atoms with Crippen LogP contribution in [-0.2, 0) is 19.4 Å². The van der Waals surface area contributed by atoms with E-state index in [-0.39, 0.29) is 10.7 Å². The van der Waals surface area contributed by atoms with Crippen LogP contribution >= 0.6 is 0 Å². The third-order valence-corrected chi connectivity index (χ3v) is 6.53. The van der Waals surface area contributed by atoms with Gasteiger partial charge in [-0.25, -0.2) is 13.2 Å². The van der Waals surface area contributed by atoms with Crippen LogP contribution in [0.4, 0.5) is 0 Å². The van der Waals surface area contributed by atoms with Crippen LogP contribution in [0.1, 0.15) is 49.2 Å². The van der Waals surface area contributed by atoms with E-state index in [0.29, 0.717) is 33.6 Å². The van der Waals surface area contributed by atoms with Gasteiger partial charge in [-0.1, -0.05) is 18.2 Å². The van der Waals surface area contributed by atoms with Gasteiger partial charge in [-0.2, -0.15) is 0 Å². The molecule has 0 radical (unpaired) electrons. The van der Waals surface area contributed by atoms with Gasteiger partial charge >= 0.3 is 5.97 Å². The molecule has 2 aliphatic rings. The van der Waals surface area contributed by atoms with Crippen molar-refractivity contribution in [3.05, 3.63) is 59.2 Å². The number of benzene rings is 2. The molecule has 0 N–H and O–H groups in total. The van der Waals surface area contributed by atoms with Crippen molar-refractivity contribution in [3.8, 4) is 5.75 Å². The zero-order valence-corrected chi connectivity index (χ0v) is 18.2. The quantitative estimate of drug-likeness (QED) is 0.696. The van der Waals surface area contributed by atoms with Crippen LogP contribution in [0.2, 0.25) is 0 Å². The second kappa shape index (κ2) is 6.28. The fourth-order valence-electron chi connectivity index (χ4n) is 3.96. The van der Waals surface area contributed by atoms with Crippen LogP contribution in [0.15, 0.2) is 47.4 Å². The van der Waals surface area contributed by atoms with E-state index >= 15 is 0 Å². The number of rotatable bonds is 3. The molecule has 2 aliphatic heterocycles. The summed E-state index contributed by atoms with van der Waals surface area (Å²) < 4.78 is 34.9. The Morgan fingerprint density at radius 1 is 0.800 bits per heavy atom. The summed E-state index contributed by atoms with van der Waals surface area (Å²) in [4.78, 5) is 25.7. The Morgan fingerprint density at radius 3 is 2.00 bits per heavy atom. The molecule has 0 amide bonds. The van der Waals surface area contributed by atoms with Crippen LogP contribution < -0.4 is 4.74 Å². The first-order valence-corrected chi connectivity index (χ1v) is 11.4. The number of carbonyl (C=O) groups excluding carboxylic acids is 2. The number of ether oxygens (including phenoxy) is 2. The maximum atomic E-state index is 12.8. The summed E-state index contributed by atoms with van der Waals surface area (Å²) in [6, 6.07) is 11.4. The van der Waals surface area contributed by atoms with Gasteiger partial charge in [0.1, 0.15) is 11.4 Å². The molecule has 0 aromatic heterocycles. The lowest BCUT2D eigenvalue weighted by molar-refractivity contribution is -0.141. The van der Waals surface area contributed by atoms with Crippen LogP contribution in [-0.4, -0.2) is 37.6 Å². The molecule has 0 bridgehead atoms. The molecule has 6 nitrogen and oxygen atoms in total. The van der Waals surface area contributed by atoms with E-state index in [4.69, 9.17) is 9.47 Å². The first-order valence-electron chi connectivity index (χ1n) is 9.48. The molecule has 0 saturated carbocycles. The van der Waals surface area contributed by atoms with Gasteiger partial charge in [-0.05, 0) is 63.1 Å². The summed E-state index contributed by atoms with van der Waals surface area (Å²) in [5.74, 6) is -0.156. The molecule has 2 heterocycles. The largest absolute Gasteiger partial charge is 0.479 e. The minimum atomic E-state index is -3.34. The van der Waals surface area contributed by atoms with Gasteiger partial charge in [0.25, 0.3) is 0 Å². The number of ketones is 1. The molecular weight excluding hydrogens is 404 g/mol. The Morgan fingerprint density at radius 2 is 1.40 bits per heavy atom. The highest BCUT2D eigenvalue weighted by Crippen LogP contribution is 2.45. The third kappa shape index (κ3) is 3.13. The molecule has 0 atom stereocenters. The van der Waals surface area contributed by atoms with E-state index in [1.807, 2.05) is 0 Å². The molecule has 30 heavy (non-hydrogen) atoms. The van der Waals surface area contributed by atoms with Crippen molar-refractivity contribution in [1.29, 1.82) is 0 Å². The lowest BCUT2D eigenvalue weighted by Gasteiger charge is -2.21. The van der Waals surface area contributed by atoms with Crippen molar-refractivity contribution >= 4 is 32.7 Å². The summed E-state index contributed by atoms with van der Waals surface area (Å²) in [5.41, 5.74) is 0.782. The summed E-state index contributed by atoms with van der Waals surface area (Å²) in [6.45, 7) is 6.97. The van der Waals surface area contributed by atoms with Crippen molar-refractivity contribution in [3.63, 3.8) is 0 Å². The number of hydrogen-bond donors (Lipinski definition) is 0. The Hall–Kier alpha value is -2.93. The van der Waals surface area contributed by atoms with Crippen molar-refractivity contribution in [2.45, 2.75) is 43.8 Å². The molecule has 2 aromatic carbocycles. The average molecular weight is 426 g/mol. The zero-order chi connectivity index (χ0) is 22.1. The molecule has 0 saturated heterocycles. The van der Waals surface area contributed by atoms with Crippen LogP contribution in [0.5, 0.6) is 5.75 Å². The zero-order valence-electron chi connectivity index (χ0n) is 17.4. The number of sulfone groups is 1. The highest BCUT2D eigenvalue weighted by molar-refractivity contribution is 7.90. The van der Waals surface area contributed by atoms with Crippen LogP contribution in [0.3, 0.4) is 0 Å². The predicted octanol–water partition coefficient (Wildman–Crippen LogP) is 3.69. The fourth-order valence-corrected chi connectivity index (χ4v) is 4.59. The number of esters is 1. The summed E-state index contributed by atoms with van der Waals surface area (Å²) in [7, 11) is -3.34. The normalized spacial score (nSPS) is 19.5. The van der Waals surface area contributed by atoms with Crippen molar-refractivity contribution in [2.75, 3.05) is 6.26 Å². The molecular formula is C23H22O6S. The van der Waals surface area contributed by atoms with E-state index in [2.05, 4.69) is 0 Å². The van der Waals surface area contributed by atoms with Gasteiger partial charge < -0.3 is 9.47 Å². The molecule has 156 valence electrons. The number of hydrogen-bond acceptors (Lipinski definition) is 6. The number of cyclic esters (lactones) is 1. The SMILES string of the molecule is CC1(C)Oc2ccc(C3=C(c4ccc(S(C)(=O)=O)cc4)C(C)(C)OC3=O)cc2C1=O. The molecule has 2 aromatic rings. The predicted molar refractivity (Wildman–Crippen MR) is 112 cm³/mol. The molecule has 4 rings (SSSR count). The smallest absolute Gasteiger partial charge is 0.340 e. The van der Waals surface area contributed by atoms with Gasteiger partial charge in [0, 0.05) is 11.8 Å². The summed E-state index contributed by atoms with van der Waals surface area (Å²) in [5, 5.41) is 0. The standard InChI is InChI=1S/C23H22O6S/c1-22(2)19(13-6-9-15(10-7-13)30(5,26)27)18(21(25)29-22)14-8-11-17-16(12-14)20(24)23(3,4)28-17/h6-12H,1-5H3. The Kier molecular flexibility index (Phi) is 4.26. The monoisotopic (exact) mass is 426 g/mol. The molecule has 0 fully saturated rings. The first-order chi connectivity index (χ1) is 13.8.